The molecule has 10 nitrogen and oxygen atoms in total. The van der Waals surface area contributed by atoms with Crippen molar-refractivity contribution in [3.8, 4) is 22.6 Å². The van der Waals surface area contributed by atoms with Gasteiger partial charge in [-0.1, -0.05) is 23.8 Å². The van der Waals surface area contributed by atoms with E-state index in [1.165, 1.54) is 10.2 Å². The van der Waals surface area contributed by atoms with Crippen molar-refractivity contribution in [1.29, 1.82) is 0 Å². The van der Waals surface area contributed by atoms with Crippen LogP contribution in [-0.4, -0.2) is 45.5 Å². The second-order valence-corrected chi connectivity index (χ2v) is 13.6. The second-order valence-electron chi connectivity index (χ2n) is 11.8. The minimum absolute atomic E-state index is 0.137. The van der Waals surface area contributed by atoms with E-state index >= 15 is 0 Å². The molecule has 1 amide bonds. The predicted octanol–water partition coefficient (Wildman–Crippen LogP) is 6.31. The standard InChI is InChI=1S/C33H33N5O5S/c1-21-5-9-26(10-6-21)44(40,41)38-20-27(23-11-14-35-29(34)18-23)30-28(12-15-36-31(30)38)42-25-8-7-22-13-16-37(19-24(22)17-25)32(39)43-33(2,3)4/h5-12,14-15,17-18,20H,13,16,19H2,1-4H3,(H2,34,35). The maximum atomic E-state index is 13.9. The molecule has 1 aliphatic rings. The Morgan fingerprint density at radius 2 is 1.70 bits per heavy atom. The lowest BCUT2D eigenvalue weighted by Gasteiger charge is -2.31. The average Bonchev–Trinajstić information content (AvgIpc) is 3.38. The van der Waals surface area contributed by atoms with Gasteiger partial charge in [-0.3, -0.25) is 0 Å². The van der Waals surface area contributed by atoms with Crippen LogP contribution in [0.4, 0.5) is 10.6 Å². The molecule has 4 heterocycles. The van der Waals surface area contributed by atoms with Gasteiger partial charge in [-0.25, -0.2) is 27.2 Å². The highest BCUT2D eigenvalue weighted by atomic mass is 32.2. The molecule has 2 aromatic carbocycles. The lowest BCUT2D eigenvalue weighted by atomic mass is 10.00. The van der Waals surface area contributed by atoms with Gasteiger partial charge in [0, 0.05) is 37.2 Å². The number of hydrogen-bond acceptors (Lipinski definition) is 8. The van der Waals surface area contributed by atoms with Crippen LogP contribution in [0.15, 0.2) is 84.1 Å². The zero-order valence-electron chi connectivity index (χ0n) is 24.9. The highest BCUT2D eigenvalue weighted by molar-refractivity contribution is 7.90. The summed E-state index contributed by atoms with van der Waals surface area (Å²) in [6.45, 7) is 8.39. The van der Waals surface area contributed by atoms with Crippen molar-refractivity contribution < 1.29 is 22.7 Å². The Hall–Kier alpha value is -4.90. The third-order valence-electron chi connectivity index (χ3n) is 7.36. The lowest BCUT2D eigenvalue weighted by molar-refractivity contribution is 0.0223. The van der Waals surface area contributed by atoms with Crippen molar-refractivity contribution in [3.05, 3.63) is 95.9 Å². The van der Waals surface area contributed by atoms with Gasteiger partial charge >= 0.3 is 6.09 Å². The molecule has 5 aromatic rings. The number of carbonyl (C=O) groups excluding carboxylic acids is 1. The first-order valence-electron chi connectivity index (χ1n) is 14.2. The molecule has 0 aliphatic carbocycles. The smallest absolute Gasteiger partial charge is 0.410 e. The number of nitrogens with two attached hydrogens (primary N) is 1. The van der Waals surface area contributed by atoms with E-state index in [1.54, 1.807) is 59.8 Å². The Morgan fingerprint density at radius 1 is 0.955 bits per heavy atom. The van der Waals surface area contributed by atoms with Gasteiger partial charge in [0.05, 0.1) is 10.3 Å². The van der Waals surface area contributed by atoms with Gasteiger partial charge in [-0.05, 0) is 93.3 Å². The number of nitrogen functional groups attached to an aromatic ring is 1. The molecule has 3 aromatic heterocycles. The number of ether oxygens (including phenoxy) is 2. The van der Waals surface area contributed by atoms with E-state index in [-0.39, 0.29) is 16.6 Å². The topological polar surface area (TPSA) is 130 Å². The van der Waals surface area contributed by atoms with E-state index in [1.807, 2.05) is 45.9 Å². The molecule has 2 N–H and O–H groups in total. The van der Waals surface area contributed by atoms with Gasteiger partial charge in [0.2, 0.25) is 0 Å². The van der Waals surface area contributed by atoms with E-state index < -0.39 is 15.6 Å². The number of hydrogen-bond donors (Lipinski definition) is 1. The fourth-order valence-electron chi connectivity index (χ4n) is 5.23. The summed E-state index contributed by atoms with van der Waals surface area (Å²) in [5.74, 6) is 1.25. The number of aryl methyl sites for hydroxylation is 1. The zero-order chi connectivity index (χ0) is 31.2. The van der Waals surface area contributed by atoms with E-state index in [9.17, 15) is 13.2 Å². The van der Waals surface area contributed by atoms with Crippen molar-refractivity contribution in [2.45, 2.75) is 51.2 Å². The third kappa shape index (κ3) is 5.70. The Balaban J connectivity index is 1.42. The molecule has 1 aliphatic heterocycles. The Morgan fingerprint density at radius 3 is 2.43 bits per heavy atom. The molecule has 226 valence electrons. The molecule has 0 saturated carbocycles. The molecule has 0 atom stereocenters. The van der Waals surface area contributed by atoms with Crippen LogP contribution in [0.5, 0.6) is 11.5 Å². The number of pyridine rings is 2. The minimum atomic E-state index is -4.01. The van der Waals surface area contributed by atoms with Crippen molar-refractivity contribution in [2.24, 2.45) is 0 Å². The van der Waals surface area contributed by atoms with Crippen LogP contribution >= 0.6 is 0 Å². The van der Waals surface area contributed by atoms with Gasteiger partial charge in [0.25, 0.3) is 10.0 Å². The van der Waals surface area contributed by atoms with E-state index in [0.29, 0.717) is 53.3 Å². The fourth-order valence-corrected chi connectivity index (χ4v) is 6.55. The van der Waals surface area contributed by atoms with E-state index in [4.69, 9.17) is 15.2 Å². The van der Waals surface area contributed by atoms with Gasteiger partial charge in [-0.15, -0.1) is 0 Å². The van der Waals surface area contributed by atoms with Gasteiger partial charge in [-0.2, -0.15) is 0 Å². The Kier molecular flexibility index (Phi) is 7.28. The molecular formula is C33H33N5O5S. The quantitative estimate of drug-likeness (QED) is 0.245. The molecule has 11 heteroatoms. The number of aromatic nitrogens is 3. The predicted molar refractivity (Wildman–Crippen MR) is 168 cm³/mol. The van der Waals surface area contributed by atoms with Crippen LogP contribution in [0.25, 0.3) is 22.2 Å². The molecule has 0 radical (unpaired) electrons. The van der Waals surface area contributed by atoms with Gasteiger partial charge < -0.3 is 20.1 Å². The molecule has 0 saturated heterocycles. The number of fused-ring (bicyclic) bond motifs is 2. The van der Waals surface area contributed by atoms with E-state index in [2.05, 4.69) is 9.97 Å². The zero-order valence-corrected chi connectivity index (χ0v) is 25.8. The number of benzene rings is 2. The van der Waals surface area contributed by atoms with Crippen molar-refractivity contribution in [3.63, 3.8) is 0 Å². The van der Waals surface area contributed by atoms with Gasteiger partial charge in [0.15, 0.2) is 5.65 Å². The van der Waals surface area contributed by atoms with Crippen molar-refractivity contribution >= 4 is 33.0 Å². The number of rotatable bonds is 5. The number of nitrogens with zero attached hydrogens (tertiary/aromatic N) is 4. The average molecular weight is 612 g/mol. The molecule has 0 fully saturated rings. The van der Waals surface area contributed by atoms with Crippen LogP contribution in [0.1, 0.15) is 37.5 Å². The van der Waals surface area contributed by atoms with Gasteiger partial charge in [0.1, 0.15) is 22.9 Å². The van der Waals surface area contributed by atoms with Crippen molar-refractivity contribution in [1.82, 2.24) is 18.8 Å². The summed E-state index contributed by atoms with van der Waals surface area (Å²) in [5.41, 5.74) is 9.89. The van der Waals surface area contributed by atoms with Crippen LogP contribution in [0, 0.1) is 6.92 Å². The monoisotopic (exact) mass is 611 g/mol. The van der Waals surface area contributed by atoms with Crippen LogP contribution in [0.3, 0.4) is 0 Å². The second kappa shape index (κ2) is 11.0. The van der Waals surface area contributed by atoms with Crippen LogP contribution in [-0.2, 0) is 27.7 Å². The summed E-state index contributed by atoms with van der Waals surface area (Å²) >= 11 is 0. The summed E-state index contributed by atoms with van der Waals surface area (Å²) in [7, 11) is -4.01. The highest BCUT2D eigenvalue weighted by Gasteiger charge is 2.27. The summed E-state index contributed by atoms with van der Waals surface area (Å²) in [5, 5.41) is 0.502. The Labute approximate surface area is 256 Å². The SMILES string of the molecule is Cc1ccc(S(=O)(=O)n2cc(-c3ccnc(N)c3)c3c(Oc4ccc5c(c4)CN(C(=O)OC(C)(C)C)CC5)ccnc32)cc1. The maximum absolute atomic E-state index is 13.9. The van der Waals surface area contributed by atoms with Crippen LogP contribution < -0.4 is 10.5 Å². The normalized spacial score (nSPS) is 13.5. The summed E-state index contributed by atoms with van der Waals surface area (Å²) in [6, 6.07) is 17.6. The molecular weight excluding hydrogens is 578 g/mol. The first-order valence-corrected chi connectivity index (χ1v) is 15.6. The maximum Gasteiger partial charge on any atom is 0.410 e. The Bertz CT molecular complexity index is 2000. The molecule has 0 spiro atoms. The minimum Gasteiger partial charge on any atom is -0.457 e. The number of amides is 1. The molecule has 0 unspecified atom stereocenters. The van der Waals surface area contributed by atoms with E-state index in [0.717, 1.165) is 16.7 Å². The first kappa shape index (κ1) is 29.2. The summed E-state index contributed by atoms with van der Waals surface area (Å²) < 4.78 is 41.0. The molecule has 6 rings (SSSR count). The summed E-state index contributed by atoms with van der Waals surface area (Å²) in [6.07, 6.45) is 4.97. The summed E-state index contributed by atoms with van der Waals surface area (Å²) in [4.78, 5) is 23.2. The highest BCUT2D eigenvalue weighted by Crippen LogP contribution is 2.40. The largest absolute Gasteiger partial charge is 0.457 e. The lowest BCUT2D eigenvalue weighted by Crippen LogP contribution is -2.39. The molecule has 0 bridgehead atoms. The fraction of sp³-hybridized carbons (Fsp3) is 0.242. The number of carbonyl (C=O) groups is 1. The van der Waals surface area contributed by atoms with Crippen LogP contribution in [0.2, 0.25) is 0 Å². The number of anilines is 1. The molecule has 44 heavy (non-hydrogen) atoms. The van der Waals surface area contributed by atoms with Crippen molar-refractivity contribution in [2.75, 3.05) is 12.3 Å². The first-order chi connectivity index (χ1) is 20.9. The third-order valence-corrected chi connectivity index (χ3v) is 9.02.